The minimum Gasteiger partial charge on any atom is -0.311 e. The van der Waals surface area contributed by atoms with E-state index in [1.165, 1.54) is 22.3 Å². The Morgan fingerprint density at radius 1 is 0.397 bits per heavy atom. The van der Waals surface area contributed by atoms with Crippen LogP contribution >= 0.6 is 0 Å². The summed E-state index contributed by atoms with van der Waals surface area (Å²) in [7, 11) is 0. The Hall–Kier alpha value is -8.00. The molecule has 0 amide bonds. The second-order valence-electron chi connectivity index (χ2n) is 14.4. The highest BCUT2D eigenvalue weighted by Crippen LogP contribution is 2.37. The van der Waals surface area contributed by atoms with Gasteiger partial charge in [-0.2, -0.15) is 5.26 Å². The van der Waals surface area contributed by atoms with Gasteiger partial charge in [-0.05, 0) is 105 Å². The fourth-order valence-corrected chi connectivity index (χ4v) is 7.90. The Bertz CT molecular complexity index is 3010. The van der Waals surface area contributed by atoms with E-state index in [2.05, 4.69) is 210 Å². The SMILES string of the molecule is N#Cc1ccc(-n2c(-c3ccc(-c4ccc(-c5ccc(-c6ccc(N(c7ccccc7)c7ccccc7)cc6)cc5)cc4)cc3)nc3ccc4ccccc4c32)cc1. The number of anilines is 3. The van der Waals surface area contributed by atoms with E-state index in [9.17, 15) is 5.26 Å². The summed E-state index contributed by atoms with van der Waals surface area (Å²) in [6, 6.07) is 78.6. The third-order valence-electron chi connectivity index (χ3n) is 10.9. The lowest BCUT2D eigenvalue weighted by Crippen LogP contribution is -2.09. The summed E-state index contributed by atoms with van der Waals surface area (Å²) in [5.74, 6) is 0.860. The van der Waals surface area contributed by atoms with Gasteiger partial charge in [-0.15, -0.1) is 0 Å². The highest BCUT2D eigenvalue weighted by Gasteiger charge is 2.17. The lowest BCUT2D eigenvalue weighted by atomic mass is 9.97. The molecule has 0 aliphatic heterocycles. The second kappa shape index (κ2) is 14.9. The Morgan fingerprint density at radius 2 is 0.828 bits per heavy atom. The fourth-order valence-electron chi connectivity index (χ4n) is 7.90. The fraction of sp³-hybridized carbons (Fsp3) is 0. The van der Waals surface area contributed by atoms with Crippen molar-refractivity contribution < 1.29 is 0 Å². The number of rotatable bonds is 8. The van der Waals surface area contributed by atoms with Gasteiger partial charge < -0.3 is 4.90 Å². The largest absolute Gasteiger partial charge is 0.311 e. The molecule has 1 aromatic heterocycles. The van der Waals surface area contributed by atoms with Crippen LogP contribution in [0, 0.1) is 11.3 Å². The van der Waals surface area contributed by atoms with Gasteiger partial charge in [0.25, 0.3) is 0 Å². The minimum atomic E-state index is 0.629. The molecule has 0 unspecified atom stereocenters. The van der Waals surface area contributed by atoms with Crippen LogP contribution in [0.3, 0.4) is 0 Å². The van der Waals surface area contributed by atoms with Crippen molar-refractivity contribution in [2.24, 2.45) is 0 Å². The van der Waals surface area contributed by atoms with Crippen molar-refractivity contribution in [3.63, 3.8) is 0 Å². The molecule has 0 radical (unpaired) electrons. The number of imidazole rings is 1. The van der Waals surface area contributed by atoms with Crippen molar-refractivity contribution in [1.29, 1.82) is 5.26 Å². The van der Waals surface area contributed by atoms with Crippen LogP contribution in [0.2, 0.25) is 0 Å². The Kier molecular flexibility index (Phi) is 8.87. The van der Waals surface area contributed by atoms with Crippen molar-refractivity contribution in [3.8, 4) is 56.5 Å². The van der Waals surface area contributed by atoms with Crippen LogP contribution in [0.1, 0.15) is 5.56 Å². The van der Waals surface area contributed by atoms with Crippen LogP contribution in [-0.4, -0.2) is 9.55 Å². The van der Waals surface area contributed by atoms with Gasteiger partial charge in [0, 0.05) is 33.7 Å². The zero-order chi connectivity index (χ0) is 38.8. The zero-order valence-corrected chi connectivity index (χ0v) is 31.6. The normalized spacial score (nSPS) is 11.1. The summed E-state index contributed by atoms with van der Waals surface area (Å²) in [6.45, 7) is 0. The molecule has 4 nitrogen and oxygen atoms in total. The molecule has 4 heteroatoms. The average molecular weight is 741 g/mol. The van der Waals surface area contributed by atoms with Crippen molar-refractivity contribution >= 4 is 38.9 Å². The molecule has 0 bridgehead atoms. The number of benzene rings is 9. The van der Waals surface area contributed by atoms with E-state index in [-0.39, 0.29) is 0 Å². The maximum absolute atomic E-state index is 9.45. The van der Waals surface area contributed by atoms with Crippen LogP contribution in [0.15, 0.2) is 218 Å². The average Bonchev–Trinajstić information content (AvgIpc) is 3.71. The molecule has 0 aliphatic rings. The quantitative estimate of drug-likeness (QED) is 0.156. The van der Waals surface area contributed by atoms with Gasteiger partial charge in [0.15, 0.2) is 0 Å². The molecule has 0 fully saturated rings. The number of nitrogens with zero attached hydrogens (tertiary/aromatic N) is 4. The molecular formula is C54H36N4. The van der Waals surface area contributed by atoms with Crippen molar-refractivity contribution in [2.45, 2.75) is 0 Å². The van der Waals surface area contributed by atoms with Gasteiger partial charge in [-0.1, -0.05) is 152 Å². The predicted molar refractivity (Wildman–Crippen MR) is 240 cm³/mol. The topological polar surface area (TPSA) is 44.9 Å². The number of nitriles is 1. The molecule has 10 aromatic rings. The van der Waals surface area contributed by atoms with Crippen molar-refractivity contribution in [3.05, 3.63) is 224 Å². The van der Waals surface area contributed by atoms with Gasteiger partial charge in [0.1, 0.15) is 5.82 Å². The Morgan fingerprint density at radius 3 is 1.33 bits per heavy atom. The number of para-hydroxylation sites is 2. The summed E-state index contributed by atoms with van der Waals surface area (Å²) in [4.78, 5) is 7.44. The first-order valence-electron chi connectivity index (χ1n) is 19.4. The van der Waals surface area contributed by atoms with Gasteiger partial charge in [-0.3, -0.25) is 4.57 Å². The van der Waals surface area contributed by atoms with Gasteiger partial charge in [0.2, 0.25) is 0 Å². The lowest BCUT2D eigenvalue weighted by Gasteiger charge is -2.25. The maximum atomic E-state index is 9.45. The first-order valence-corrected chi connectivity index (χ1v) is 19.4. The molecule has 10 rings (SSSR count). The van der Waals surface area contributed by atoms with E-state index in [4.69, 9.17) is 4.98 Å². The third kappa shape index (κ3) is 6.47. The summed E-state index contributed by atoms with van der Waals surface area (Å²) >= 11 is 0. The molecule has 272 valence electrons. The Labute approximate surface area is 337 Å². The van der Waals surface area contributed by atoms with Crippen LogP contribution in [0.4, 0.5) is 17.1 Å². The van der Waals surface area contributed by atoms with E-state index in [0.717, 1.165) is 67.1 Å². The smallest absolute Gasteiger partial charge is 0.145 e. The summed E-state index contributed by atoms with van der Waals surface area (Å²) in [5.41, 5.74) is 15.0. The van der Waals surface area contributed by atoms with Gasteiger partial charge in [-0.25, -0.2) is 4.98 Å². The van der Waals surface area contributed by atoms with Gasteiger partial charge in [0.05, 0.1) is 22.7 Å². The minimum absolute atomic E-state index is 0.629. The molecule has 0 atom stereocenters. The van der Waals surface area contributed by atoms with E-state index < -0.39 is 0 Å². The van der Waals surface area contributed by atoms with E-state index in [1.807, 2.05) is 24.3 Å². The standard InChI is InChI=1S/C54H36N4/c55-37-38-15-32-50(33-16-38)58-53-51-14-8-7-9-45(51)31-36-52(53)56-54(58)46-27-25-43(26-28-46)41-19-17-39(18-20-41)40-21-23-42(24-22-40)44-29-34-49(35-30-44)57(47-10-3-1-4-11-47)48-12-5-2-6-13-48/h1-36H. The number of hydrogen-bond donors (Lipinski definition) is 0. The van der Waals surface area contributed by atoms with E-state index in [0.29, 0.717) is 5.56 Å². The monoisotopic (exact) mass is 740 g/mol. The van der Waals surface area contributed by atoms with Crippen LogP contribution in [-0.2, 0) is 0 Å². The predicted octanol–water partition coefficient (Wildman–Crippen LogP) is 14.2. The Balaban J connectivity index is 0.894. The summed E-state index contributed by atoms with van der Waals surface area (Å²) < 4.78 is 2.22. The molecule has 0 saturated carbocycles. The third-order valence-corrected chi connectivity index (χ3v) is 10.9. The van der Waals surface area contributed by atoms with Crippen LogP contribution < -0.4 is 4.90 Å². The van der Waals surface area contributed by atoms with E-state index in [1.54, 1.807) is 0 Å². The van der Waals surface area contributed by atoms with Crippen LogP contribution in [0.5, 0.6) is 0 Å². The first-order chi connectivity index (χ1) is 28.7. The van der Waals surface area contributed by atoms with Crippen molar-refractivity contribution in [1.82, 2.24) is 9.55 Å². The molecule has 0 aliphatic carbocycles. The molecule has 0 spiro atoms. The van der Waals surface area contributed by atoms with E-state index >= 15 is 0 Å². The molecule has 58 heavy (non-hydrogen) atoms. The number of fused-ring (bicyclic) bond motifs is 3. The molecule has 1 heterocycles. The highest BCUT2D eigenvalue weighted by molar-refractivity contribution is 6.06. The summed E-state index contributed by atoms with van der Waals surface area (Å²) in [5, 5.41) is 11.7. The zero-order valence-electron chi connectivity index (χ0n) is 31.6. The van der Waals surface area contributed by atoms with Gasteiger partial charge >= 0.3 is 0 Å². The molecular weight excluding hydrogens is 705 g/mol. The highest BCUT2D eigenvalue weighted by atomic mass is 15.1. The maximum Gasteiger partial charge on any atom is 0.145 e. The molecule has 9 aromatic carbocycles. The molecule has 0 saturated heterocycles. The second-order valence-corrected chi connectivity index (χ2v) is 14.4. The summed E-state index contributed by atoms with van der Waals surface area (Å²) in [6.07, 6.45) is 0. The lowest BCUT2D eigenvalue weighted by molar-refractivity contribution is 1.10. The van der Waals surface area contributed by atoms with Crippen LogP contribution in [0.25, 0.3) is 72.3 Å². The number of aromatic nitrogens is 2. The molecule has 0 N–H and O–H groups in total. The first kappa shape index (κ1) is 34.5. The number of hydrogen-bond acceptors (Lipinski definition) is 3. The van der Waals surface area contributed by atoms with Crippen molar-refractivity contribution in [2.75, 3.05) is 4.90 Å².